The summed E-state index contributed by atoms with van der Waals surface area (Å²) >= 11 is 0. The van der Waals surface area contributed by atoms with Crippen molar-refractivity contribution in [2.75, 3.05) is 0 Å². The van der Waals surface area contributed by atoms with E-state index in [4.69, 9.17) is 0 Å². The van der Waals surface area contributed by atoms with E-state index in [1.807, 2.05) is 30.3 Å². The summed E-state index contributed by atoms with van der Waals surface area (Å²) in [5.74, 6) is -0.301. The van der Waals surface area contributed by atoms with Crippen molar-refractivity contribution in [2.45, 2.75) is 24.8 Å². The van der Waals surface area contributed by atoms with Crippen LogP contribution in [0, 0.1) is 5.82 Å². The fourth-order valence-electron chi connectivity index (χ4n) is 3.91. The highest BCUT2D eigenvalue weighted by molar-refractivity contribution is 6.07. The number of H-pyrrole nitrogens is 1. The van der Waals surface area contributed by atoms with Gasteiger partial charge in [-0.05, 0) is 48.2 Å². The van der Waals surface area contributed by atoms with E-state index in [0.29, 0.717) is 6.42 Å². The first-order chi connectivity index (χ1) is 13.1. The summed E-state index contributed by atoms with van der Waals surface area (Å²) in [5, 5.41) is 5.47. The van der Waals surface area contributed by atoms with Crippen LogP contribution in [0.4, 0.5) is 4.39 Å². The van der Waals surface area contributed by atoms with Crippen molar-refractivity contribution in [3.63, 3.8) is 0 Å². The lowest BCUT2D eigenvalue weighted by Gasteiger charge is -2.18. The van der Waals surface area contributed by atoms with Crippen molar-refractivity contribution in [1.29, 1.82) is 0 Å². The molecule has 0 atom stereocenters. The van der Waals surface area contributed by atoms with Gasteiger partial charge < -0.3 is 10.3 Å². The van der Waals surface area contributed by atoms with Gasteiger partial charge in [0.05, 0.1) is 12.0 Å². The molecular weight excluding hydrogens is 339 g/mol. The van der Waals surface area contributed by atoms with Gasteiger partial charge in [0.25, 0.3) is 0 Å². The van der Waals surface area contributed by atoms with Crippen LogP contribution in [-0.2, 0) is 16.8 Å². The third-order valence-corrected chi connectivity index (χ3v) is 5.44. The lowest BCUT2D eigenvalue weighted by atomic mass is 10.0. The molecule has 1 aliphatic carbocycles. The summed E-state index contributed by atoms with van der Waals surface area (Å²) in [6.45, 7) is 0. The van der Waals surface area contributed by atoms with Crippen LogP contribution in [0.3, 0.4) is 0 Å². The Labute approximate surface area is 156 Å². The summed E-state index contributed by atoms with van der Waals surface area (Å²) in [7, 11) is 0. The molecule has 1 aliphatic rings. The Bertz CT molecular complexity index is 1170. The van der Waals surface area contributed by atoms with Crippen LogP contribution in [0.2, 0.25) is 0 Å². The Balaban J connectivity index is 1.37. The van der Waals surface area contributed by atoms with Crippen LogP contribution in [0.1, 0.15) is 24.0 Å². The maximum Gasteiger partial charge on any atom is 0.225 e. The number of amides is 1. The molecule has 0 bridgehead atoms. The van der Waals surface area contributed by atoms with Crippen molar-refractivity contribution < 1.29 is 9.18 Å². The SMILES string of the molecule is O=C(Cc1ccc2c(c1)[nH]c1ccccc12)NC1(c2cccc(F)c2)CC1. The van der Waals surface area contributed by atoms with Crippen LogP contribution < -0.4 is 5.32 Å². The lowest BCUT2D eigenvalue weighted by Crippen LogP contribution is -2.35. The van der Waals surface area contributed by atoms with Gasteiger partial charge >= 0.3 is 0 Å². The minimum atomic E-state index is -0.398. The number of hydrogen-bond donors (Lipinski definition) is 2. The maximum atomic E-state index is 13.5. The summed E-state index contributed by atoms with van der Waals surface area (Å²) in [6.07, 6.45) is 2.01. The average Bonchev–Trinajstić information content (AvgIpc) is 3.34. The van der Waals surface area contributed by atoms with Crippen LogP contribution in [0.15, 0.2) is 66.7 Å². The number of hydrogen-bond acceptors (Lipinski definition) is 1. The Morgan fingerprint density at radius 1 is 0.963 bits per heavy atom. The third-order valence-electron chi connectivity index (χ3n) is 5.44. The number of rotatable bonds is 4. The van der Waals surface area contributed by atoms with E-state index >= 15 is 0 Å². The first-order valence-corrected chi connectivity index (χ1v) is 9.19. The van der Waals surface area contributed by atoms with Gasteiger partial charge in [-0.3, -0.25) is 4.79 Å². The quantitative estimate of drug-likeness (QED) is 0.540. The van der Waals surface area contributed by atoms with Crippen molar-refractivity contribution in [3.8, 4) is 0 Å². The second-order valence-corrected chi connectivity index (χ2v) is 7.37. The molecule has 1 saturated carbocycles. The molecule has 134 valence electrons. The molecule has 2 N–H and O–H groups in total. The van der Waals surface area contributed by atoms with E-state index in [2.05, 4.69) is 28.5 Å². The molecule has 1 fully saturated rings. The highest BCUT2D eigenvalue weighted by Gasteiger charge is 2.45. The van der Waals surface area contributed by atoms with Gasteiger partial charge in [-0.15, -0.1) is 0 Å². The maximum absolute atomic E-state index is 13.5. The highest BCUT2D eigenvalue weighted by Crippen LogP contribution is 2.45. The van der Waals surface area contributed by atoms with Gasteiger partial charge in [-0.25, -0.2) is 4.39 Å². The largest absolute Gasteiger partial charge is 0.355 e. The van der Waals surface area contributed by atoms with Gasteiger partial charge in [0, 0.05) is 21.8 Å². The Kier molecular flexibility index (Phi) is 3.54. The number of para-hydroxylation sites is 1. The predicted octanol–water partition coefficient (Wildman–Crippen LogP) is 4.81. The van der Waals surface area contributed by atoms with Gasteiger partial charge in [0.1, 0.15) is 5.82 Å². The fourth-order valence-corrected chi connectivity index (χ4v) is 3.91. The minimum Gasteiger partial charge on any atom is -0.355 e. The van der Waals surface area contributed by atoms with Crippen LogP contribution in [0.25, 0.3) is 21.8 Å². The molecule has 1 heterocycles. The van der Waals surface area contributed by atoms with E-state index in [-0.39, 0.29) is 11.7 Å². The molecule has 1 amide bonds. The Morgan fingerprint density at radius 3 is 2.59 bits per heavy atom. The van der Waals surface area contributed by atoms with Crippen molar-refractivity contribution in [3.05, 3.63) is 83.7 Å². The normalized spacial score (nSPS) is 15.1. The molecule has 4 heteroatoms. The van der Waals surface area contributed by atoms with E-state index in [0.717, 1.165) is 40.4 Å². The van der Waals surface area contributed by atoms with Crippen molar-refractivity contribution >= 4 is 27.7 Å². The molecule has 3 nitrogen and oxygen atoms in total. The lowest BCUT2D eigenvalue weighted by molar-refractivity contribution is -0.121. The fraction of sp³-hybridized carbons (Fsp3) is 0.174. The molecule has 27 heavy (non-hydrogen) atoms. The number of benzene rings is 3. The summed E-state index contributed by atoms with van der Waals surface area (Å²) in [4.78, 5) is 16.0. The third kappa shape index (κ3) is 2.87. The molecule has 0 unspecified atom stereocenters. The topological polar surface area (TPSA) is 44.9 Å². The van der Waals surface area contributed by atoms with Crippen LogP contribution in [-0.4, -0.2) is 10.9 Å². The molecule has 0 aliphatic heterocycles. The van der Waals surface area contributed by atoms with E-state index in [1.165, 1.54) is 17.5 Å². The number of aromatic amines is 1. The number of halogens is 1. The zero-order valence-corrected chi connectivity index (χ0v) is 14.8. The second-order valence-electron chi connectivity index (χ2n) is 7.37. The monoisotopic (exact) mass is 358 g/mol. The van der Waals surface area contributed by atoms with E-state index < -0.39 is 5.54 Å². The van der Waals surface area contributed by atoms with Gasteiger partial charge in [0.15, 0.2) is 0 Å². The average molecular weight is 358 g/mol. The number of fused-ring (bicyclic) bond motifs is 3. The molecular formula is C23H19FN2O. The number of carbonyl (C=O) groups is 1. The molecule has 0 radical (unpaired) electrons. The molecule has 3 aromatic carbocycles. The first-order valence-electron chi connectivity index (χ1n) is 9.19. The number of carbonyl (C=O) groups excluding carboxylic acids is 1. The zero-order valence-electron chi connectivity index (χ0n) is 14.8. The summed E-state index contributed by atoms with van der Waals surface area (Å²) in [5.41, 5.74) is 3.54. The smallest absolute Gasteiger partial charge is 0.225 e. The standard InChI is InChI=1S/C23H19FN2O/c24-17-5-3-4-16(14-17)23(10-11-23)26-22(27)13-15-8-9-19-18-6-1-2-7-20(18)25-21(19)12-15/h1-9,12,14,25H,10-11,13H2,(H,26,27). The van der Waals surface area contributed by atoms with E-state index in [1.54, 1.807) is 6.07 Å². The van der Waals surface area contributed by atoms with Crippen molar-refractivity contribution in [1.82, 2.24) is 10.3 Å². The first kappa shape index (κ1) is 16.1. The highest BCUT2D eigenvalue weighted by atomic mass is 19.1. The molecule has 4 aromatic rings. The molecule has 5 rings (SSSR count). The molecule has 0 saturated heterocycles. The second kappa shape index (κ2) is 5.95. The van der Waals surface area contributed by atoms with Gasteiger partial charge in [-0.1, -0.05) is 42.5 Å². The molecule has 1 aromatic heterocycles. The van der Waals surface area contributed by atoms with Crippen molar-refractivity contribution in [2.24, 2.45) is 0 Å². The Morgan fingerprint density at radius 2 is 1.78 bits per heavy atom. The number of aromatic nitrogens is 1. The number of nitrogens with one attached hydrogen (secondary N) is 2. The minimum absolute atomic E-state index is 0.0350. The zero-order chi connectivity index (χ0) is 18.4. The van der Waals surface area contributed by atoms with Gasteiger partial charge in [-0.2, -0.15) is 0 Å². The summed E-state index contributed by atoms with van der Waals surface area (Å²) in [6, 6.07) is 20.8. The summed E-state index contributed by atoms with van der Waals surface area (Å²) < 4.78 is 13.5. The Hall–Kier alpha value is -3.14. The van der Waals surface area contributed by atoms with Gasteiger partial charge in [0.2, 0.25) is 5.91 Å². The van der Waals surface area contributed by atoms with Crippen LogP contribution >= 0.6 is 0 Å². The molecule has 0 spiro atoms. The van der Waals surface area contributed by atoms with E-state index in [9.17, 15) is 9.18 Å². The van der Waals surface area contributed by atoms with Crippen LogP contribution in [0.5, 0.6) is 0 Å². The predicted molar refractivity (Wildman–Crippen MR) is 105 cm³/mol.